The number of thiazole rings is 1. The molecule has 1 aromatic heterocycles. The zero-order chi connectivity index (χ0) is 15.5. The number of aromatic nitrogens is 1. The number of carbonyl (C=O) groups excluding carboxylic acids is 1. The number of anilines is 1. The molecule has 1 unspecified atom stereocenters. The second kappa shape index (κ2) is 7.57. The molecule has 0 bridgehead atoms. The summed E-state index contributed by atoms with van der Waals surface area (Å²) >= 11 is 1.51. The molecule has 0 aliphatic heterocycles. The Morgan fingerprint density at radius 1 is 1.17 bits per heavy atom. The smallest absolute Gasteiger partial charge is 0.184 e. The molecule has 6 heteroatoms. The lowest BCUT2D eigenvalue weighted by atomic mass is 10.1. The fraction of sp³-hybridized carbons (Fsp3) is 0.176. The van der Waals surface area contributed by atoms with Gasteiger partial charge >= 0.3 is 0 Å². The van der Waals surface area contributed by atoms with Crippen molar-refractivity contribution in [1.82, 2.24) is 4.98 Å². The van der Waals surface area contributed by atoms with Crippen LogP contribution in [0.15, 0.2) is 48.5 Å². The molecule has 0 radical (unpaired) electrons. The van der Waals surface area contributed by atoms with Crippen LogP contribution in [0.2, 0.25) is 0 Å². The maximum Gasteiger partial charge on any atom is 0.184 e. The van der Waals surface area contributed by atoms with Crippen molar-refractivity contribution in [2.24, 2.45) is 0 Å². The Morgan fingerprint density at radius 2 is 1.91 bits per heavy atom. The van der Waals surface area contributed by atoms with Crippen LogP contribution in [0.3, 0.4) is 0 Å². The van der Waals surface area contributed by atoms with Gasteiger partial charge in [0.25, 0.3) is 0 Å². The maximum absolute atomic E-state index is 12.4. The molecule has 23 heavy (non-hydrogen) atoms. The van der Waals surface area contributed by atoms with Gasteiger partial charge in [-0.05, 0) is 19.1 Å². The monoisotopic (exact) mass is 391 g/mol. The quantitative estimate of drug-likeness (QED) is 0.659. The molecular weight excluding hydrogens is 376 g/mol. The molecule has 1 N–H and O–H groups in total. The van der Waals surface area contributed by atoms with Gasteiger partial charge < -0.3 is 27.0 Å². The Labute approximate surface area is 149 Å². The molecule has 1 atom stereocenters. The van der Waals surface area contributed by atoms with Gasteiger partial charge in [-0.1, -0.05) is 47.7 Å². The van der Waals surface area contributed by atoms with Crippen molar-refractivity contribution in [3.8, 4) is 5.75 Å². The van der Waals surface area contributed by atoms with E-state index in [2.05, 4.69) is 10.3 Å². The zero-order valence-corrected chi connectivity index (χ0v) is 15.1. The Kier molecular flexibility index (Phi) is 5.74. The number of ketones is 1. The topological polar surface area (TPSA) is 51.2 Å². The number of Topliss-reactive ketones (excluding diaryl/α,β-unsaturated/α-hetero) is 1. The Morgan fingerprint density at radius 3 is 2.61 bits per heavy atom. The average molecular weight is 392 g/mol. The maximum atomic E-state index is 12.4. The van der Waals surface area contributed by atoms with Crippen LogP contribution in [0.1, 0.15) is 17.3 Å². The lowest BCUT2D eigenvalue weighted by molar-refractivity contribution is -0.0000121. The highest BCUT2D eigenvalue weighted by atomic mass is 79.9. The number of rotatable bonds is 5. The van der Waals surface area contributed by atoms with E-state index in [0.717, 1.165) is 21.1 Å². The average Bonchev–Trinajstić information content (AvgIpc) is 2.97. The number of hydrogen-bond acceptors (Lipinski definition) is 5. The molecule has 1 heterocycles. The fourth-order valence-corrected chi connectivity index (χ4v) is 3.22. The van der Waals surface area contributed by atoms with Crippen molar-refractivity contribution in [3.63, 3.8) is 0 Å². The lowest BCUT2D eigenvalue weighted by Gasteiger charge is -2.11. The first-order valence-corrected chi connectivity index (χ1v) is 7.80. The van der Waals surface area contributed by atoms with E-state index in [-0.39, 0.29) is 28.8 Å². The number of hydrogen-bond donors (Lipinski definition) is 1. The number of carbonyl (C=O) groups is 1. The predicted octanol–water partition coefficient (Wildman–Crippen LogP) is 0.992. The molecule has 0 fully saturated rings. The fourth-order valence-electron chi connectivity index (χ4n) is 2.25. The van der Waals surface area contributed by atoms with E-state index < -0.39 is 0 Å². The number of fused-ring (bicyclic) bond motifs is 1. The van der Waals surface area contributed by atoms with Gasteiger partial charge in [0.1, 0.15) is 11.3 Å². The molecular formula is C17H16BrN2O2S-. The van der Waals surface area contributed by atoms with E-state index >= 15 is 0 Å². The van der Waals surface area contributed by atoms with Crippen LogP contribution < -0.4 is 27.0 Å². The molecule has 120 valence electrons. The third-order valence-corrected chi connectivity index (χ3v) is 4.35. The van der Waals surface area contributed by atoms with Crippen molar-refractivity contribution in [3.05, 3.63) is 54.1 Å². The summed E-state index contributed by atoms with van der Waals surface area (Å²) in [6.07, 6.45) is 0. The van der Waals surface area contributed by atoms with Crippen LogP contribution in [-0.2, 0) is 0 Å². The van der Waals surface area contributed by atoms with Crippen LogP contribution in [-0.4, -0.2) is 23.9 Å². The third-order valence-electron chi connectivity index (χ3n) is 3.39. The number of nitrogens with zero attached hydrogens (tertiary/aromatic N) is 1. The Bertz CT molecular complexity index is 805. The summed E-state index contributed by atoms with van der Waals surface area (Å²) in [5.41, 5.74) is 1.51. The minimum Gasteiger partial charge on any atom is -1.00 e. The minimum atomic E-state index is -0.339. The van der Waals surface area contributed by atoms with E-state index in [9.17, 15) is 4.79 Å². The second-order valence-electron chi connectivity index (χ2n) is 4.92. The first-order valence-electron chi connectivity index (χ1n) is 6.98. The molecule has 3 aromatic rings. The molecule has 0 aliphatic carbocycles. The lowest BCUT2D eigenvalue weighted by Crippen LogP contribution is -3.00. The number of methoxy groups -OCH3 is 1. The van der Waals surface area contributed by atoms with Crippen LogP contribution in [0.25, 0.3) is 10.2 Å². The predicted molar refractivity (Wildman–Crippen MR) is 90.0 cm³/mol. The number of nitrogens with one attached hydrogen (secondary N) is 1. The summed E-state index contributed by atoms with van der Waals surface area (Å²) in [6.45, 7) is 1.85. The summed E-state index contributed by atoms with van der Waals surface area (Å²) in [5.74, 6) is 0.788. The van der Waals surface area contributed by atoms with Gasteiger partial charge in [0, 0.05) is 5.56 Å². The van der Waals surface area contributed by atoms with Gasteiger partial charge in [0.15, 0.2) is 10.9 Å². The summed E-state index contributed by atoms with van der Waals surface area (Å²) in [6, 6.07) is 14.7. The van der Waals surface area contributed by atoms with Crippen LogP contribution in [0.4, 0.5) is 5.13 Å². The summed E-state index contributed by atoms with van der Waals surface area (Å²) in [4.78, 5) is 16.9. The molecule has 0 spiro atoms. The van der Waals surface area contributed by atoms with Crippen molar-refractivity contribution >= 4 is 32.5 Å². The van der Waals surface area contributed by atoms with Crippen molar-refractivity contribution < 1.29 is 26.5 Å². The zero-order valence-electron chi connectivity index (χ0n) is 12.7. The van der Waals surface area contributed by atoms with Gasteiger partial charge in [0.2, 0.25) is 0 Å². The molecule has 0 aliphatic rings. The highest BCUT2D eigenvalue weighted by molar-refractivity contribution is 7.22. The first kappa shape index (κ1) is 17.4. The van der Waals surface area contributed by atoms with Crippen molar-refractivity contribution in [2.45, 2.75) is 13.0 Å². The standard InChI is InChI=1S/C17H16N2O2S.BrH/c1-11(16(20)12-7-4-3-5-8-12)18-17-19-15-13(21-2)9-6-10-14(15)22-17;/h3-11H,1-2H3,(H,18,19);1H/p-1. The van der Waals surface area contributed by atoms with E-state index in [0.29, 0.717) is 5.56 Å². The van der Waals surface area contributed by atoms with Gasteiger partial charge in [-0.2, -0.15) is 0 Å². The summed E-state index contributed by atoms with van der Waals surface area (Å²) in [7, 11) is 1.63. The summed E-state index contributed by atoms with van der Waals surface area (Å²) in [5, 5.41) is 3.90. The van der Waals surface area contributed by atoms with E-state index in [1.165, 1.54) is 11.3 Å². The molecule has 0 amide bonds. The van der Waals surface area contributed by atoms with Crippen LogP contribution in [0, 0.1) is 0 Å². The van der Waals surface area contributed by atoms with Gasteiger partial charge in [0.05, 0.1) is 17.9 Å². The number of ether oxygens (including phenoxy) is 1. The van der Waals surface area contributed by atoms with Gasteiger partial charge in [-0.15, -0.1) is 0 Å². The summed E-state index contributed by atoms with van der Waals surface area (Å²) < 4.78 is 6.34. The SMILES string of the molecule is COc1cccc2sc(NC(C)C(=O)c3ccccc3)nc12.[Br-]. The number of benzene rings is 2. The van der Waals surface area contributed by atoms with E-state index in [1.54, 1.807) is 7.11 Å². The van der Waals surface area contributed by atoms with Crippen molar-refractivity contribution in [2.75, 3.05) is 12.4 Å². The van der Waals surface area contributed by atoms with E-state index in [4.69, 9.17) is 4.74 Å². The van der Waals surface area contributed by atoms with Crippen LogP contribution >= 0.6 is 11.3 Å². The van der Waals surface area contributed by atoms with Crippen LogP contribution in [0.5, 0.6) is 5.75 Å². The van der Waals surface area contributed by atoms with E-state index in [1.807, 2.05) is 55.5 Å². The largest absolute Gasteiger partial charge is 1.00 e. The molecule has 3 rings (SSSR count). The number of para-hydroxylation sites is 1. The third kappa shape index (κ3) is 3.71. The van der Waals surface area contributed by atoms with Gasteiger partial charge in [-0.25, -0.2) is 4.98 Å². The van der Waals surface area contributed by atoms with Crippen molar-refractivity contribution in [1.29, 1.82) is 0 Å². The molecule has 2 aromatic carbocycles. The first-order chi connectivity index (χ1) is 10.7. The molecule has 0 saturated carbocycles. The second-order valence-corrected chi connectivity index (χ2v) is 5.95. The minimum absolute atomic E-state index is 0. The molecule has 4 nitrogen and oxygen atoms in total. The highest BCUT2D eigenvalue weighted by Crippen LogP contribution is 2.32. The highest BCUT2D eigenvalue weighted by Gasteiger charge is 2.17. The Balaban J connectivity index is 0.00000192. The molecule has 0 saturated heterocycles. The normalized spacial score (nSPS) is 11.6. The Hall–Kier alpha value is -1.92. The van der Waals surface area contributed by atoms with Gasteiger partial charge in [-0.3, -0.25) is 4.79 Å². The number of halogens is 1.